The van der Waals surface area contributed by atoms with Crippen molar-refractivity contribution in [1.29, 1.82) is 0 Å². The van der Waals surface area contributed by atoms with Crippen molar-refractivity contribution in [2.24, 2.45) is 0 Å². The van der Waals surface area contributed by atoms with Crippen molar-refractivity contribution in [2.45, 2.75) is 31.7 Å². The van der Waals surface area contributed by atoms with E-state index in [9.17, 15) is 18.3 Å². The molecule has 5 rings (SSSR count). The summed E-state index contributed by atoms with van der Waals surface area (Å²) in [6.07, 6.45) is 2.06. The molecular weight excluding hydrogens is 534 g/mol. The van der Waals surface area contributed by atoms with Gasteiger partial charge in [-0.15, -0.1) is 10.2 Å². The van der Waals surface area contributed by atoms with Crippen molar-refractivity contribution in [1.82, 2.24) is 33.4 Å². The zero-order chi connectivity index (χ0) is 27.0. The van der Waals surface area contributed by atoms with Gasteiger partial charge < -0.3 is 14.8 Å². The van der Waals surface area contributed by atoms with Crippen LogP contribution >= 0.6 is 11.6 Å². The number of aromatic nitrogens is 5. The molecule has 2 N–H and O–H groups in total. The Morgan fingerprint density at radius 3 is 2.61 bits per heavy atom. The van der Waals surface area contributed by atoms with Crippen LogP contribution in [0, 0.1) is 0 Å². The zero-order valence-electron chi connectivity index (χ0n) is 21.2. The molecule has 1 aliphatic rings. The van der Waals surface area contributed by atoms with Crippen LogP contribution in [0.4, 0.5) is 0 Å². The molecule has 0 amide bonds. The Morgan fingerprint density at radius 2 is 1.92 bits per heavy atom. The summed E-state index contributed by atoms with van der Waals surface area (Å²) < 4.78 is 37.4. The highest BCUT2D eigenvalue weighted by atomic mass is 35.5. The minimum Gasteiger partial charge on any atom is -0.493 e. The number of aliphatic hydroxyl groups excluding tert-OH is 1. The molecule has 1 aromatic carbocycles. The van der Waals surface area contributed by atoms with Crippen molar-refractivity contribution >= 4 is 38.3 Å². The lowest BCUT2D eigenvalue weighted by Crippen LogP contribution is -2.49. The SMILES string of the molecule is CCCn1c(=O)n2cnnc2c2[nH]c(-c3cc(S(=O)(=O)N4CCN(CCO)CC4)ccc3OCC)c(Cl)c21. The number of benzene rings is 1. The summed E-state index contributed by atoms with van der Waals surface area (Å²) >= 11 is 6.92. The largest absolute Gasteiger partial charge is 0.493 e. The number of H-pyrrole nitrogens is 1. The summed E-state index contributed by atoms with van der Waals surface area (Å²) in [6.45, 7) is 6.87. The van der Waals surface area contributed by atoms with E-state index >= 15 is 0 Å². The molecule has 0 atom stereocenters. The molecule has 0 radical (unpaired) electrons. The van der Waals surface area contributed by atoms with Gasteiger partial charge in [-0.1, -0.05) is 18.5 Å². The van der Waals surface area contributed by atoms with Gasteiger partial charge in [0.2, 0.25) is 10.0 Å². The van der Waals surface area contributed by atoms with Crippen molar-refractivity contribution < 1.29 is 18.3 Å². The smallest absolute Gasteiger partial charge is 0.335 e. The quantitative estimate of drug-likeness (QED) is 0.314. The van der Waals surface area contributed by atoms with Gasteiger partial charge in [-0.3, -0.25) is 9.47 Å². The number of sulfonamides is 1. The van der Waals surface area contributed by atoms with Crippen LogP contribution in [0.3, 0.4) is 0 Å². The molecular formula is C24H30ClN7O5S. The molecule has 0 aliphatic carbocycles. The van der Waals surface area contributed by atoms with Gasteiger partial charge >= 0.3 is 5.69 Å². The van der Waals surface area contributed by atoms with Crippen molar-refractivity contribution in [3.8, 4) is 17.0 Å². The zero-order valence-corrected chi connectivity index (χ0v) is 22.8. The first-order valence-electron chi connectivity index (χ1n) is 12.6. The molecule has 38 heavy (non-hydrogen) atoms. The van der Waals surface area contributed by atoms with Crippen LogP contribution in [0.25, 0.3) is 27.9 Å². The number of nitrogens with zero attached hydrogens (tertiary/aromatic N) is 6. The van der Waals surface area contributed by atoms with Gasteiger partial charge in [0.1, 0.15) is 17.6 Å². The topological polar surface area (TPSA) is 138 Å². The molecule has 0 saturated carbocycles. The Balaban J connectivity index is 1.65. The molecule has 1 fully saturated rings. The van der Waals surface area contributed by atoms with Crippen LogP contribution in [0.15, 0.2) is 34.2 Å². The summed E-state index contributed by atoms with van der Waals surface area (Å²) in [5, 5.41) is 17.5. The van der Waals surface area contributed by atoms with E-state index in [2.05, 4.69) is 15.2 Å². The Morgan fingerprint density at radius 1 is 1.16 bits per heavy atom. The molecule has 0 spiro atoms. The number of β-amino-alcohol motifs (C(OH)–C–C–N with tert-alkyl or cyclic N) is 1. The van der Waals surface area contributed by atoms with E-state index in [1.54, 1.807) is 16.7 Å². The second kappa shape index (κ2) is 10.7. The summed E-state index contributed by atoms with van der Waals surface area (Å²) in [6, 6.07) is 4.71. The first-order valence-corrected chi connectivity index (χ1v) is 14.4. The van der Waals surface area contributed by atoms with E-state index in [1.807, 2.05) is 18.7 Å². The van der Waals surface area contributed by atoms with Crippen LogP contribution in [0.1, 0.15) is 20.3 Å². The summed E-state index contributed by atoms with van der Waals surface area (Å²) in [5.41, 5.74) is 1.90. The fourth-order valence-electron chi connectivity index (χ4n) is 4.90. The summed E-state index contributed by atoms with van der Waals surface area (Å²) in [7, 11) is -3.80. The lowest BCUT2D eigenvalue weighted by atomic mass is 10.1. The maximum absolute atomic E-state index is 13.6. The number of hydrogen-bond donors (Lipinski definition) is 2. The van der Waals surface area contributed by atoms with Crippen molar-refractivity contribution in [3.05, 3.63) is 40.0 Å². The van der Waals surface area contributed by atoms with E-state index in [1.165, 1.54) is 21.1 Å². The second-order valence-corrected chi connectivity index (χ2v) is 11.4. The minimum atomic E-state index is -3.80. The van der Waals surface area contributed by atoms with Crippen LogP contribution in [-0.2, 0) is 16.6 Å². The van der Waals surface area contributed by atoms with Crippen LogP contribution in [0.5, 0.6) is 5.75 Å². The highest BCUT2D eigenvalue weighted by Gasteiger charge is 2.30. The van der Waals surface area contributed by atoms with Crippen LogP contribution in [-0.4, -0.2) is 92.8 Å². The average molecular weight is 564 g/mol. The number of piperazine rings is 1. The van der Waals surface area contributed by atoms with E-state index in [0.29, 0.717) is 86.0 Å². The molecule has 4 heterocycles. The molecule has 3 aromatic heterocycles. The number of fused-ring (bicyclic) bond motifs is 3. The standard InChI is InChI=1S/C24H30ClN7O5S/c1-3-7-31-22-19(25)20(27-21(22)23-28-26-15-32(23)24(31)34)17-14-16(5-6-18(17)37-4-2)38(35,36)30-10-8-29(9-11-30)12-13-33/h5-6,14-15,27,33H,3-4,7-13H2,1-2H3. The van der Waals surface area contributed by atoms with Crippen LogP contribution < -0.4 is 10.4 Å². The molecule has 14 heteroatoms. The molecule has 4 aromatic rings. The van der Waals surface area contributed by atoms with Gasteiger partial charge in [0, 0.05) is 44.8 Å². The predicted molar refractivity (Wildman–Crippen MR) is 143 cm³/mol. The molecule has 0 unspecified atom stereocenters. The number of ether oxygens (including phenoxy) is 1. The highest BCUT2D eigenvalue weighted by Crippen LogP contribution is 2.40. The van der Waals surface area contributed by atoms with Gasteiger partial charge in [0.05, 0.1) is 34.3 Å². The second-order valence-electron chi connectivity index (χ2n) is 9.06. The van der Waals surface area contributed by atoms with Crippen molar-refractivity contribution in [3.63, 3.8) is 0 Å². The molecule has 1 aliphatic heterocycles. The lowest BCUT2D eigenvalue weighted by Gasteiger charge is -2.33. The van der Waals surface area contributed by atoms with Gasteiger partial charge in [-0.25, -0.2) is 17.6 Å². The fourth-order valence-corrected chi connectivity index (χ4v) is 6.70. The lowest BCUT2D eigenvalue weighted by molar-refractivity contribution is 0.151. The number of nitrogens with one attached hydrogen (secondary N) is 1. The first-order chi connectivity index (χ1) is 18.3. The van der Waals surface area contributed by atoms with E-state index in [0.717, 1.165) is 0 Å². The summed E-state index contributed by atoms with van der Waals surface area (Å²) in [4.78, 5) is 18.6. The normalized spacial score (nSPS) is 15.6. The summed E-state index contributed by atoms with van der Waals surface area (Å²) in [5.74, 6) is 0.453. The third-order valence-electron chi connectivity index (χ3n) is 6.75. The third-order valence-corrected chi connectivity index (χ3v) is 9.01. The molecule has 1 saturated heterocycles. The fraction of sp³-hybridized carbons (Fsp3) is 0.458. The average Bonchev–Trinajstić information content (AvgIpc) is 3.53. The molecule has 204 valence electrons. The number of rotatable bonds is 9. The Bertz CT molecular complexity index is 1640. The Labute approximate surface area is 224 Å². The van der Waals surface area contributed by atoms with E-state index in [-0.39, 0.29) is 22.2 Å². The number of aliphatic hydroxyl groups is 1. The maximum atomic E-state index is 13.6. The van der Waals surface area contributed by atoms with Gasteiger partial charge in [0.15, 0.2) is 5.65 Å². The van der Waals surface area contributed by atoms with E-state index in [4.69, 9.17) is 16.3 Å². The monoisotopic (exact) mass is 563 g/mol. The predicted octanol–water partition coefficient (Wildman–Crippen LogP) is 1.80. The van der Waals surface area contributed by atoms with Crippen molar-refractivity contribution in [2.75, 3.05) is 45.9 Å². The maximum Gasteiger partial charge on any atom is 0.335 e. The number of halogens is 1. The number of aryl methyl sites for hydroxylation is 1. The van der Waals surface area contributed by atoms with E-state index < -0.39 is 10.0 Å². The molecule has 0 bridgehead atoms. The number of aromatic amines is 1. The Kier molecular flexibility index (Phi) is 7.47. The molecule has 12 nitrogen and oxygen atoms in total. The number of hydrogen-bond acceptors (Lipinski definition) is 8. The minimum absolute atomic E-state index is 0.0352. The van der Waals surface area contributed by atoms with Crippen LogP contribution in [0.2, 0.25) is 5.02 Å². The third kappa shape index (κ3) is 4.47. The van der Waals surface area contributed by atoms with Gasteiger partial charge in [-0.2, -0.15) is 4.31 Å². The van der Waals surface area contributed by atoms with Gasteiger partial charge in [0.25, 0.3) is 0 Å². The first kappa shape index (κ1) is 26.6. The highest BCUT2D eigenvalue weighted by molar-refractivity contribution is 7.89. The Hall–Kier alpha value is -2.97. The van der Waals surface area contributed by atoms with Gasteiger partial charge in [-0.05, 0) is 31.5 Å².